The van der Waals surface area contributed by atoms with Gasteiger partial charge in [-0.25, -0.2) is 4.98 Å². The summed E-state index contributed by atoms with van der Waals surface area (Å²) >= 11 is 3.42. The Morgan fingerprint density at radius 3 is 3.00 bits per heavy atom. The first-order valence-corrected chi connectivity index (χ1v) is 6.75. The van der Waals surface area contributed by atoms with Crippen molar-refractivity contribution in [1.29, 1.82) is 0 Å². The molecular weight excluding hydrogens is 280 g/mol. The molecule has 0 bridgehead atoms. The smallest absolute Gasteiger partial charge is 0.134 e. The van der Waals surface area contributed by atoms with E-state index in [9.17, 15) is 4.79 Å². The lowest BCUT2D eigenvalue weighted by Gasteiger charge is -2.33. The van der Waals surface area contributed by atoms with Gasteiger partial charge in [-0.2, -0.15) is 0 Å². The standard InChI is InChI=1S/C13H17BrN2O/c1-9-6-12(14)7-15-13(9)16-5-3-4-11(8-16)10(2)17/h6-7,11H,3-5,8H2,1-2H3. The number of Topliss-reactive ketones (excluding diaryl/α,β-unsaturated/α-hetero) is 1. The van der Waals surface area contributed by atoms with Crippen molar-refractivity contribution in [2.45, 2.75) is 26.7 Å². The normalized spacial score (nSPS) is 20.4. The first-order valence-electron chi connectivity index (χ1n) is 5.95. The zero-order valence-corrected chi connectivity index (χ0v) is 11.8. The number of aryl methyl sites for hydroxylation is 1. The molecule has 1 aliphatic rings. The summed E-state index contributed by atoms with van der Waals surface area (Å²) in [6.45, 7) is 5.56. The summed E-state index contributed by atoms with van der Waals surface area (Å²) in [4.78, 5) is 18.2. The van der Waals surface area contributed by atoms with E-state index in [1.807, 2.05) is 6.20 Å². The number of halogens is 1. The van der Waals surface area contributed by atoms with Crippen LogP contribution in [0.1, 0.15) is 25.3 Å². The molecule has 0 spiro atoms. The van der Waals surface area contributed by atoms with E-state index in [0.717, 1.165) is 41.8 Å². The van der Waals surface area contributed by atoms with E-state index in [2.05, 4.69) is 38.8 Å². The summed E-state index contributed by atoms with van der Waals surface area (Å²) in [5.74, 6) is 1.48. The van der Waals surface area contributed by atoms with Gasteiger partial charge in [-0.3, -0.25) is 4.79 Å². The van der Waals surface area contributed by atoms with Crippen LogP contribution >= 0.6 is 15.9 Å². The molecule has 2 heterocycles. The number of carbonyl (C=O) groups excluding carboxylic acids is 1. The topological polar surface area (TPSA) is 33.2 Å². The van der Waals surface area contributed by atoms with Crippen LogP contribution < -0.4 is 4.90 Å². The number of pyridine rings is 1. The lowest BCUT2D eigenvalue weighted by molar-refractivity contribution is -0.120. The SMILES string of the molecule is CC(=O)C1CCCN(c2ncc(Br)cc2C)C1. The third-order valence-electron chi connectivity index (χ3n) is 3.31. The zero-order chi connectivity index (χ0) is 12.4. The summed E-state index contributed by atoms with van der Waals surface area (Å²) < 4.78 is 0.999. The Balaban J connectivity index is 2.19. The Labute approximate surface area is 110 Å². The van der Waals surface area contributed by atoms with E-state index in [1.165, 1.54) is 0 Å². The van der Waals surface area contributed by atoms with Gasteiger partial charge in [-0.15, -0.1) is 0 Å². The fraction of sp³-hybridized carbons (Fsp3) is 0.538. The second kappa shape index (κ2) is 5.17. The molecule has 1 fully saturated rings. The van der Waals surface area contributed by atoms with Crippen LogP contribution in [0.2, 0.25) is 0 Å². The van der Waals surface area contributed by atoms with E-state index in [-0.39, 0.29) is 5.92 Å². The quantitative estimate of drug-likeness (QED) is 0.841. The molecule has 3 nitrogen and oxygen atoms in total. The summed E-state index contributed by atoms with van der Waals surface area (Å²) in [6, 6.07) is 2.07. The highest BCUT2D eigenvalue weighted by Gasteiger charge is 2.24. The van der Waals surface area contributed by atoms with Crippen LogP contribution in [0.5, 0.6) is 0 Å². The van der Waals surface area contributed by atoms with Crippen LogP contribution in [0.25, 0.3) is 0 Å². The van der Waals surface area contributed by atoms with Gasteiger partial charge in [0.15, 0.2) is 0 Å². The lowest BCUT2D eigenvalue weighted by atomic mass is 9.94. The lowest BCUT2D eigenvalue weighted by Crippen LogP contribution is -2.38. The summed E-state index contributed by atoms with van der Waals surface area (Å²) in [5, 5.41) is 0. The van der Waals surface area contributed by atoms with Gasteiger partial charge in [0.05, 0.1) is 0 Å². The maximum atomic E-state index is 11.5. The third kappa shape index (κ3) is 2.86. The van der Waals surface area contributed by atoms with Crippen molar-refractivity contribution < 1.29 is 4.79 Å². The number of nitrogens with zero attached hydrogens (tertiary/aromatic N) is 2. The Hall–Kier alpha value is -0.900. The van der Waals surface area contributed by atoms with Crippen LogP contribution in [0, 0.1) is 12.8 Å². The van der Waals surface area contributed by atoms with Crippen LogP contribution in [0.15, 0.2) is 16.7 Å². The molecular formula is C13H17BrN2O. The molecule has 17 heavy (non-hydrogen) atoms. The maximum absolute atomic E-state index is 11.5. The van der Waals surface area contributed by atoms with Crippen molar-refractivity contribution >= 4 is 27.5 Å². The van der Waals surface area contributed by atoms with Crippen LogP contribution in [-0.2, 0) is 4.79 Å². The summed E-state index contributed by atoms with van der Waals surface area (Å²) in [7, 11) is 0. The predicted molar refractivity (Wildman–Crippen MR) is 72.3 cm³/mol. The molecule has 1 aromatic rings. The molecule has 2 rings (SSSR count). The summed E-state index contributed by atoms with van der Waals surface area (Å²) in [6.07, 6.45) is 3.91. The minimum absolute atomic E-state index is 0.175. The largest absolute Gasteiger partial charge is 0.356 e. The Bertz CT molecular complexity index is 433. The van der Waals surface area contributed by atoms with Gasteiger partial charge < -0.3 is 4.90 Å². The molecule has 1 atom stereocenters. The maximum Gasteiger partial charge on any atom is 0.134 e. The molecule has 0 radical (unpaired) electrons. The average molecular weight is 297 g/mol. The number of anilines is 1. The van der Waals surface area contributed by atoms with Crippen LogP contribution in [0.3, 0.4) is 0 Å². The van der Waals surface area contributed by atoms with E-state index in [1.54, 1.807) is 6.92 Å². The first-order chi connectivity index (χ1) is 8.08. The molecule has 1 unspecified atom stereocenters. The number of carbonyl (C=O) groups is 1. The Morgan fingerprint density at radius 2 is 2.35 bits per heavy atom. The van der Waals surface area contributed by atoms with Gasteiger partial charge in [-0.05, 0) is 54.2 Å². The number of aromatic nitrogens is 1. The van der Waals surface area contributed by atoms with E-state index < -0.39 is 0 Å². The number of piperidine rings is 1. The molecule has 0 aromatic carbocycles. The minimum atomic E-state index is 0.175. The van der Waals surface area contributed by atoms with Crippen LogP contribution in [0.4, 0.5) is 5.82 Å². The molecule has 4 heteroatoms. The van der Waals surface area contributed by atoms with Gasteiger partial charge >= 0.3 is 0 Å². The predicted octanol–water partition coefficient (Wildman–Crippen LogP) is 2.96. The van der Waals surface area contributed by atoms with Gasteiger partial charge in [0.2, 0.25) is 0 Å². The highest BCUT2D eigenvalue weighted by atomic mass is 79.9. The van der Waals surface area contributed by atoms with Gasteiger partial charge in [0, 0.05) is 29.7 Å². The Kier molecular flexibility index (Phi) is 3.82. The molecule has 0 aliphatic carbocycles. The van der Waals surface area contributed by atoms with Gasteiger partial charge in [0.25, 0.3) is 0 Å². The second-order valence-corrected chi connectivity index (χ2v) is 5.61. The van der Waals surface area contributed by atoms with Gasteiger partial charge in [0.1, 0.15) is 11.6 Å². The molecule has 0 N–H and O–H groups in total. The number of hydrogen-bond acceptors (Lipinski definition) is 3. The van der Waals surface area contributed by atoms with Crippen molar-refractivity contribution in [2.75, 3.05) is 18.0 Å². The molecule has 92 valence electrons. The fourth-order valence-electron chi connectivity index (χ4n) is 2.37. The average Bonchev–Trinajstić information content (AvgIpc) is 2.29. The zero-order valence-electron chi connectivity index (χ0n) is 10.2. The third-order valence-corrected chi connectivity index (χ3v) is 3.75. The summed E-state index contributed by atoms with van der Waals surface area (Å²) in [5.41, 5.74) is 1.16. The molecule has 1 aliphatic heterocycles. The first kappa shape index (κ1) is 12.6. The minimum Gasteiger partial charge on any atom is -0.356 e. The van der Waals surface area contributed by atoms with E-state index in [0.29, 0.717) is 5.78 Å². The second-order valence-electron chi connectivity index (χ2n) is 4.69. The molecule has 1 saturated heterocycles. The van der Waals surface area contributed by atoms with E-state index >= 15 is 0 Å². The molecule has 0 saturated carbocycles. The highest BCUT2D eigenvalue weighted by molar-refractivity contribution is 9.10. The monoisotopic (exact) mass is 296 g/mol. The van der Waals surface area contributed by atoms with Crippen molar-refractivity contribution in [3.8, 4) is 0 Å². The van der Waals surface area contributed by atoms with Crippen LogP contribution in [-0.4, -0.2) is 23.9 Å². The van der Waals surface area contributed by atoms with Crippen molar-refractivity contribution in [1.82, 2.24) is 4.98 Å². The molecule has 1 aromatic heterocycles. The van der Waals surface area contributed by atoms with Crippen molar-refractivity contribution in [3.05, 3.63) is 22.3 Å². The van der Waals surface area contributed by atoms with E-state index in [4.69, 9.17) is 0 Å². The fourth-order valence-corrected chi connectivity index (χ4v) is 2.81. The van der Waals surface area contributed by atoms with Gasteiger partial charge in [-0.1, -0.05) is 0 Å². The number of hydrogen-bond donors (Lipinski definition) is 0. The van der Waals surface area contributed by atoms with Crippen molar-refractivity contribution in [3.63, 3.8) is 0 Å². The van der Waals surface area contributed by atoms with Crippen molar-refractivity contribution in [2.24, 2.45) is 5.92 Å². The number of rotatable bonds is 2. The molecule has 0 amide bonds. The Morgan fingerprint density at radius 1 is 1.59 bits per heavy atom. The number of ketones is 1. The highest BCUT2D eigenvalue weighted by Crippen LogP contribution is 2.26.